The second-order valence-electron chi connectivity index (χ2n) is 11.0. The summed E-state index contributed by atoms with van der Waals surface area (Å²) in [5.41, 5.74) is 7.79. The van der Waals surface area contributed by atoms with E-state index in [4.69, 9.17) is 9.97 Å². The fourth-order valence-corrected chi connectivity index (χ4v) is 9.11. The van der Waals surface area contributed by atoms with Crippen LogP contribution in [0.15, 0.2) is 127 Å². The summed E-state index contributed by atoms with van der Waals surface area (Å²) >= 11 is 3.64. The number of nitrogens with zero attached hydrogens (tertiary/aromatic N) is 3. The third kappa shape index (κ3) is 3.23. The number of para-hydroxylation sites is 1. The Kier molecular flexibility index (Phi) is 4.75. The van der Waals surface area contributed by atoms with Gasteiger partial charge in [-0.3, -0.25) is 4.90 Å². The molecule has 4 heterocycles. The maximum atomic E-state index is 5.38. The molecule has 0 atom stereocenters. The first-order valence-electron chi connectivity index (χ1n) is 14.3. The van der Waals surface area contributed by atoms with Gasteiger partial charge < -0.3 is 0 Å². The van der Waals surface area contributed by atoms with E-state index in [1.807, 2.05) is 11.3 Å². The predicted molar refractivity (Wildman–Crippen MR) is 184 cm³/mol. The number of anilines is 3. The molecule has 9 aromatic rings. The molecule has 1 aliphatic rings. The number of thiophene rings is 2. The van der Waals surface area contributed by atoms with Crippen molar-refractivity contribution >= 4 is 91.2 Å². The molecule has 0 saturated carbocycles. The zero-order valence-corrected chi connectivity index (χ0v) is 24.4. The first-order chi connectivity index (χ1) is 21.3. The Hall–Kier alpha value is -5.10. The van der Waals surface area contributed by atoms with Crippen LogP contribution < -0.4 is 4.90 Å². The summed E-state index contributed by atoms with van der Waals surface area (Å²) in [6.45, 7) is 0. The van der Waals surface area contributed by atoms with Gasteiger partial charge in [0.15, 0.2) is 0 Å². The largest absolute Gasteiger partial charge is 0.278 e. The lowest BCUT2D eigenvalue weighted by Crippen LogP contribution is -2.18. The van der Waals surface area contributed by atoms with Gasteiger partial charge in [-0.15, -0.1) is 22.7 Å². The number of fused-ring (bicyclic) bond motifs is 9. The zero-order valence-electron chi connectivity index (χ0n) is 22.8. The molecular formula is C38H21N3S2. The molecule has 0 bridgehead atoms. The van der Waals surface area contributed by atoms with E-state index >= 15 is 0 Å². The lowest BCUT2D eigenvalue weighted by atomic mass is 9.88. The van der Waals surface area contributed by atoms with Crippen LogP contribution in [0.3, 0.4) is 0 Å². The van der Waals surface area contributed by atoms with Crippen molar-refractivity contribution in [1.82, 2.24) is 9.97 Å². The highest BCUT2D eigenvalue weighted by molar-refractivity contribution is 7.26. The predicted octanol–water partition coefficient (Wildman–Crippen LogP) is 11.5. The van der Waals surface area contributed by atoms with Crippen molar-refractivity contribution in [2.45, 2.75) is 0 Å². The quantitative estimate of drug-likeness (QED) is 0.203. The van der Waals surface area contributed by atoms with E-state index in [1.54, 1.807) is 11.3 Å². The summed E-state index contributed by atoms with van der Waals surface area (Å²) in [5.74, 6) is 0.691. The third-order valence-corrected chi connectivity index (χ3v) is 10.9. The second kappa shape index (κ2) is 8.71. The van der Waals surface area contributed by atoms with Crippen LogP contribution in [0.25, 0.3) is 73.6 Å². The summed E-state index contributed by atoms with van der Waals surface area (Å²) in [7, 11) is 0. The van der Waals surface area contributed by atoms with Gasteiger partial charge >= 0.3 is 0 Å². The average molecular weight is 584 g/mol. The fraction of sp³-hybridized carbons (Fsp3) is 0. The lowest BCUT2D eigenvalue weighted by molar-refractivity contribution is 1.12. The molecule has 0 aliphatic carbocycles. The minimum absolute atomic E-state index is 0.691. The van der Waals surface area contributed by atoms with Crippen LogP contribution in [0.1, 0.15) is 0 Å². The zero-order chi connectivity index (χ0) is 28.1. The van der Waals surface area contributed by atoms with Crippen molar-refractivity contribution in [3.05, 3.63) is 127 Å². The van der Waals surface area contributed by atoms with Crippen LogP contribution in [0, 0.1) is 0 Å². The van der Waals surface area contributed by atoms with Gasteiger partial charge in [0.1, 0.15) is 0 Å². The van der Waals surface area contributed by atoms with Crippen LogP contribution in [-0.2, 0) is 0 Å². The number of aromatic nitrogens is 2. The van der Waals surface area contributed by atoms with E-state index in [9.17, 15) is 0 Å². The molecule has 5 heteroatoms. The molecule has 0 unspecified atom stereocenters. The molecule has 0 N–H and O–H groups in total. The van der Waals surface area contributed by atoms with Crippen molar-refractivity contribution in [3.63, 3.8) is 0 Å². The molecule has 6 aromatic carbocycles. The minimum atomic E-state index is 0.691. The average Bonchev–Trinajstić information content (AvgIpc) is 3.63. The first-order valence-corrected chi connectivity index (χ1v) is 16.0. The number of rotatable bonds is 2. The van der Waals surface area contributed by atoms with Crippen LogP contribution in [0.5, 0.6) is 0 Å². The van der Waals surface area contributed by atoms with Gasteiger partial charge in [-0.05, 0) is 35.7 Å². The maximum absolute atomic E-state index is 5.38. The maximum Gasteiger partial charge on any atom is 0.235 e. The molecule has 10 rings (SSSR count). The minimum Gasteiger partial charge on any atom is -0.278 e. The van der Waals surface area contributed by atoms with E-state index in [1.165, 1.54) is 52.2 Å². The van der Waals surface area contributed by atoms with Gasteiger partial charge in [-0.25, -0.2) is 9.97 Å². The molecule has 1 aliphatic heterocycles. The Morgan fingerprint density at radius 2 is 1.26 bits per heavy atom. The third-order valence-electron chi connectivity index (χ3n) is 8.59. The first kappa shape index (κ1) is 23.5. The van der Waals surface area contributed by atoms with Gasteiger partial charge in [-0.2, -0.15) is 0 Å². The summed E-state index contributed by atoms with van der Waals surface area (Å²) in [6, 6.07) is 45.6. The molecular weight excluding hydrogens is 563 g/mol. The van der Waals surface area contributed by atoms with Gasteiger partial charge in [0, 0.05) is 52.3 Å². The standard InChI is InChI=1S/C38H21N3S2/c1-2-11-22(12-3-1)35-37-36(26-16-6-9-20-30(26)43-37)40-38(39-35)41-27-17-7-4-14-24(27)34-32-23(13-10-18-28(32)41)21-31-33(34)25-15-5-8-19-29(25)42-31/h1-21H. The van der Waals surface area contributed by atoms with E-state index in [0.717, 1.165) is 32.8 Å². The highest BCUT2D eigenvalue weighted by atomic mass is 32.1. The van der Waals surface area contributed by atoms with Crippen LogP contribution in [-0.4, -0.2) is 9.97 Å². The van der Waals surface area contributed by atoms with Crippen molar-refractivity contribution in [1.29, 1.82) is 0 Å². The fourth-order valence-electron chi connectivity index (χ4n) is 6.79. The second-order valence-corrected chi connectivity index (χ2v) is 13.1. The van der Waals surface area contributed by atoms with E-state index in [0.29, 0.717) is 5.95 Å². The molecule has 0 radical (unpaired) electrons. The van der Waals surface area contributed by atoms with Crippen molar-refractivity contribution < 1.29 is 0 Å². The highest BCUT2D eigenvalue weighted by Crippen LogP contribution is 2.55. The van der Waals surface area contributed by atoms with E-state index in [2.05, 4.69) is 132 Å². The Balaban J connectivity index is 1.36. The smallest absolute Gasteiger partial charge is 0.235 e. The Morgan fingerprint density at radius 3 is 2.14 bits per heavy atom. The van der Waals surface area contributed by atoms with Gasteiger partial charge in [0.05, 0.1) is 27.3 Å². The van der Waals surface area contributed by atoms with Crippen LogP contribution in [0.4, 0.5) is 17.3 Å². The molecule has 0 amide bonds. The molecule has 43 heavy (non-hydrogen) atoms. The topological polar surface area (TPSA) is 29.0 Å². The molecule has 0 saturated heterocycles. The van der Waals surface area contributed by atoms with E-state index in [-0.39, 0.29) is 0 Å². The number of hydrogen-bond donors (Lipinski definition) is 0. The normalized spacial score (nSPS) is 12.6. The summed E-state index contributed by atoms with van der Waals surface area (Å²) in [6.07, 6.45) is 0. The molecule has 200 valence electrons. The van der Waals surface area contributed by atoms with Gasteiger partial charge in [-0.1, -0.05) is 97.1 Å². The number of benzene rings is 6. The van der Waals surface area contributed by atoms with Crippen LogP contribution in [0.2, 0.25) is 0 Å². The van der Waals surface area contributed by atoms with Gasteiger partial charge in [0.25, 0.3) is 0 Å². The SMILES string of the molecule is c1ccc(-c2nc(N3c4ccccc4-c4c5c3cccc5cc3sc5ccccc5c43)nc3c2sc2ccccc23)cc1. The molecule has 3 nitrogen and oxygen atoms in total. The molecule has 3 aromatic heterocycles. The van der Waals surface area contributed by atoms with Crippen LogP contribution >= 0.6 is 22.7 Å². The van der Waals surface area contributed by atoms with E-state index < -0.39 is 0 Å². The molecule has 0 spiro atoms. The summed E-state index contributed by atoms with van der Waals surface area (Å²) < 4.78 is 4.97. The summed E-state index contributed by atoms with van der Waals surface area (Å²) in [4.78, 5) is 13.0. The Morgan fingerprint density at radius 1 is 0.535 bits per heavy atom. The Bertz CT molecular complexity index is 2580. The van der Waals surface area contributed by atoms with Crippen molar-refractivity contribution in [2.24, 2.45) is 0 Å². The highest BCUT2D eigenvalue weighted by Gasteiger charge is 2.31. The van der Waals surface area contributed by atoms with Crippen molar-refractivity contribution in [2.75, 3.05) is 4.90 Å². The number of hydrogen-bond acceptors (Lipinski definition) is 5. The molecule has 0 fully saturated rings. The Labute approximate surface area is 254 Å². The van der Waals surface area contributed by atoms with Gasteiger partial charge in [0.2, 0.25) is 5.95 Å². The lowest BCUT2D eigenvalue weighted by Gasteiger charge is -2.32. The van der Waals surface area contributed by atoms with Crippen molar-refractivity contribution in [3.8, 4) is 22.4 Å². The summed E-state index contributed by atoms with van der Waals surface area (Å²) in [5, 5.41) is 6.29. The monoisotopic (exact) mass is 583 g/mol.